The van der Waals surface area contributed by atoms with Gasteiger partial charge in [0.1, 0.15) is 6.04 Å². The highest BCUT2D eigenvalue weighted by atomic mass is 79.9. The Hall–Kier alpha value is -2.03. The summed E-state index contributed by atoms with van der Waals surface area (Å²) in [7, 11) is -3.88. The standard InChI is InChI=1S/C26H32BrN3O3S/c1-4-7-19-10-11-22(28-15-19)17-29-16-20(5-2)24-8-6-9-25(26(29)31)30(24)34(32,33)23-13-18(3)12-21(27)14-23/h5,10-15,20,24-25H,2,4,6-9,16-17H2,1,3H3. The van der Waals surface area contributed by atoms with E-state index in [1.54, 1.807) is 17.0 Å². The molecule has 1 amide bonds. The van der Waals surface area contributed by atoms with E-state index in [1.807, 2.05) is 31.3 Å². The minimum atomic E-state index is -3.88. The molecule has 6 nitrogen and oxygen atoms in total. The van der Waals surface area contributed by atoms with Crippen LogP contribution in [0, 0.1) is 12.8 Å². The first-order valence-electron chi connectivity index (χ1n) is 11.9. The second-order valence-corrected chi connectivity index (χ2v) is 12.1. The lowest BCUT2D eigenvalue weighted by molar-refractivity contribution is -0.135. The van der Waals surface area contributed by atoms with E-state index < -0.39 is 16.1 Å². The lowest BCUT2D eigenvalue weighted by Gasteiger charge is -2.40. The lowest BCUT2D eigenvalue weighted by atomic mass is 9.90. The predicted octanol–water partition coefficient (Wildman–Crippen LogP) is 4.86. The highest BCUT2D eigenvalue weighted by Gasteiger charge is 2.49. The van der Waals surface area contributed by atoms with Crippen LogP contribution in [-0.4, -0.2) is 47.1 Å². The van der Waals surface area contributed by atoms with Gasteiger partial charge in [0.05, 0.1) is 17.1 Å². The summed E-state index contributed by atoms with van der Waals surface area (Å²) in [5.74, 6) is -0.305. The van der Waals surface area contributed by atoms with Crippen LogP contribution >= 0.6 is 15.9 Å². The molecule has 0 N–H and O–H groups in total. The molecule has 3 unspecified atom stereocenters. The molecule has 2 aromatic rings. The molecular weight excluding hydrogens is 514 g/mol. The Kier molecular flexibility index (Phi) is 7.60. The summed E-state index contributed by atoms with van der Waals surface area (Å²) in [5, 5.41) is 0. The van der Waals surface area contributed by atoms with Crippen LogP contribution in [0.2, 0.25) is 0 Å². The Morgan fingerprint density at radius 3 is 2.68 bits per heavy atom. The van der Waals surface area contributed by atoms with E-state index in [1.165, 1.54) is 9.87 Å². The molecule has 0 aliphatic carbocycles. The van der Waals surface area contributed by atoms with Crippen molar-refractivity contribution in [2.45, 2.75) is 69.5 Å². The van der Waals surface area contributed by atoms with Gasteiger partial charge < -0.3 is 4.90 Å². The van der Waals surface area contributed by atoms with Crippen molar-refractivity contribution in [3.8, 4) is 0 Å². The van der Waals surface area contributed by atoms with Crippen molar-refractivity contribution in [1.29, 1.82) is 0 Å². The van der Waals surface area contributed by atoms with Crippen LogP contribution in [0.5, 0.6) is 0 Å². The molecule has 0 spiro atoms. The van der Waals surface area contributed by atoms with Gasteiger partial charge in [-0.3, -0.25) is 9.78 Å². The highest BCUT2D eigenvalue weighted by molar-refractivity contribution is 9.10. The summed E-state index contributed by atoms with van der Waals surface area (Å²) in [4.78, 5) is 20.3. The zero-order valence-corrected chi connectivity index (χ0v) is 22.2. The molecule has 2 saturated heterocycles. The summed E-state index contributed by atoms with van der Waals surface area (Å²) in [6, 6.07) is 8.19. The molecule has 0 radical (unpaired) electrons. The van der Waals surface area contributed by atoms with Crippen LogP contribution in [0.4, 0.5) is 0 Å². The van der Waals surface area contributed by atoms with Gasteiger partial charge in [0.2, 0.25) is 15.9 Å². The molecule has 4 rings (SSSR count). The van der Waals surface area contributed by atoms with E-state index in [4.69, 9.17) is 0 Å². The minimum Gasteiger partial charge on any atom is -0.335 e. The van der Waals surface area contributed by atoms with Gasteiger partial charge >= 0.3 is 0 Å². The Balaban J connectivity index is 1.69. The number of halogens is 1. The fraction of sp³-hybridized carbons (Fsp3) is 0.462. The van der Waals surface area contributed by atoms with Crippen molar-refractivity contribution in [2.24, 2.45) is 5.92 Å². The number of sulfonamides is 1. The van der Waals surface area contributed by atoms with Gasteiger partial charge in [-0.25, -0.2) is 8.42 Å². The number of aryl methyl sites for hydroxylation is 2. The molecule has 2 fully saturated rings. The van der Waals surface area contributed by atoms with Gasteiger partial charge in [-0.1, -0.05) is 41.4 Å². The van der Waals surface area contributed by atoms with Crippen molar-refractivity contribution in [2.75, 3.05) is 6.54 Å². The number of carbonyl (C=O) groups excluding carboxylic acids is 1. The number of hydrogen-bond acceptors (Lipinski definition) is 4. The summed E-state index contributed by atoms with van der Waals surface area (Å²) in [6.07, 6.45) is 7.75. The molecule has 2 aliphatic rings. The zero-order valence-electron chi connectivity index (χ0n) is 19.8. The maximum absolute atomic E-state index is 13.9. The maximum atomic E-state index is 13.9. The Bertz CT molecular complexity index is 1150. The van der Waals surface area contributed by atoms with E-state index in [-0.39, 0.29) is 22.8 Å². The van der Waals surface area contributed by atoms with E-state index >= 15 is 0 Å². The molecule has 2 aliphatic heterocycles. The second kappa shape index (κ2) is 10.3. The van der Waals surface area contributed by atoms with Crippen LogP contribution in [0.15, 0.2) is 58.6 Å². The first-order valence-corrected chi connectivity index (χ1v) is 14.1. The lowest BCUT2D eigenvalue weighted by Crippen LogP contribution is -2.54. The van der Waals surface area contributed by atoms with Gasteiger partial charge in [-0.05, 0) is 68.0 Å². The van der Waals surface area contributed by atoms with Crippen LogP contribution in [0.1, 0.15) is 49.4 Å². The average Bonchev–Trinajstić information content (AvgIpc) is 2.87. The third kappa shape index (κ3) is 4.99. The Labute approximate surface area is 211 Å². The number of pyridine rings is 1. The van der Waals surface area contributed by atoms with Crippen molar-refractivity contribution < 1.29 is 13.2 Å². The Morgan fingerprint density at radius 2 is 2.03 bits per heavy atom. The number of benzene rings is 1. The first kappa shape index (κ1) is 25.1. The summed E-state index contributed by atoms with van der Waals surface area (Å²) >= 11 is 3.42. The number of hydrogen-bond donors (Lipinski definition) is 0. The quantitative estimate of drug-likeness (QED) is 0.465. The fourth-order valence-electron chi connectivity index (χ4n) is 5.19. The number of rotatable bonds is 7. The van der Waals surface area contributed by atoms with Crippen LogP contribution in [0.3, 0.4) is 0 Å². The van der Waals surface area contributed by atoms with Gasteiger partial charge in [0.25, 0.3) is 0 Å². The SMILES string of the molecule is C=CC1CN(Cc2ccc(CCC)cn2)C(=O)C2CCCC1N2S(=O)(=O)c1cc(C)cc(Br)c1. The number of carbonyl (C=O) groups is 1. The zero-order chi connectivity index (χ0) is 24.5. The van der Waals surface area contributed by atoms with E-state index in [0.29, 0.717) is 30.4 Å². The third-order valence-corrected chi connectivity index (χ3v) is 9.17. The molecule has 1 aromatic heterocycles. The summed E-state index contributed by atoms with van der Waals surface area (Å²) in [6.45, 7) is 8.80. The molecule has 34 heavy (non-hydrogen) atoms. The molecule has 2 bridgehead atoms. The van der Waals surface area contributed by atoms with Crippen molar-refractivity contribution in [3.63, 3.8) is 0 Å². The van der Waals surface area contributed by atoms with Gasteiger partial charge in [-0.2, -0.15) is 4.31 Å². The van der Waals surface area contributed by atoms with E-state index in [2.05, 4.69) is 40.5 Å². The molecule has 1 aromatic carbocycles. The maximum Gasteiger partial charge on any atom is 0.244 e. The molecule has 182 valence electrons. The van der Waals surface area contributed by atoms with Gasteiger partial charge in [-0.15, -0.1) is 6.58 Å². The Morgan fingerprint density at radius 1 is 1.24 bits per heavy atom. The number of amides is 1. The van der Waals surface area contributed by atoms with Crippen molar-refractivity contribution >= 4 is 31.9 Å². The van der Waals surface area contributed by atoms with Gasteiger partial charge in [0.15, 0.2) is 0 Å². The number of fused-ring (bicyclic) bond motifs is 2. The molecule has 3 heterocycles. The largest absolute Gasteiger partial charge is 0.335 e. The topological polar surface area (TPSA) is 70.6 Å². The highest BCUT2D eigenvalue weighted by Crippen LogP contribution is 2.38. The third-order valence-electron chi connectivity index (χ3n) is 6.80. The predicted molar refractivity (Wildman–Crippen MR) is 137 cm³/mol. The summed E-state index contributed by atoms with van der Waals surface area (Å²) < 4.78 is 30.0. The van der Waals surface area contributed by atoms with Crippen LogP contribution < -0.4 is 0 Å². The number of aromatic nitrogens is 1. The fourth-order valence-corrected chi connectivity index (χ4v) is 7.95. The number of piperidine rings is 1. The monoisotopic (exact) mass is 545 g/mol. The smallest absolute Gasteiger partial charge is 0.244 e. The van der Waals surface area contributed by atoms with Gasteiger partial charge in [0, 0.05) is 29.2 Å². The van der Waals surface area contributed by atoms with Crippen LogP contribution in [-0.2, 0) is 27.8 Å². The summed E-state index contributed by atoms with van der Waals surface area (Å²) in [5.41, 5.74) is 2.83. The van der Waals surface area contributed by atoms with Crippen molar-refractivity contribution in [1.82, 2.24) is 14.2 Å². The van der Waals surface area contributed by atoms with Crippen LogP contribution in [0.25, 0.3) is 0 Å². The molecule has 3 atom stereocenters. The molecular formula is C26H32BrN3O3S. The first-order chi connectivity index (χ1) is 16.2. The second-order valence-electron chi connectivity index (χ2n) is 9.34. The van der Waals surface area contributed by atoms with Crippen molar-refractivity contribution in [3.05, 3.63) is 70.5 Å². The number of nitrogens with zero attached hydrogens (tertiary/aromatic N) is 3. The average molecular weight is 547 g/mol. The molecule has 8 heteroatoms. The molecule has 0 saturated carbocycles. The van der Waals surface area contributed by atoms with E-state index in [0.717, 1.165) is 30.5 Å². The normalized spacial score (nSPS) is 23.6. The van der Waals surface area contributed by atoms with E-state index in [9.17, 15) is 13.2 Å². The minimum absolute atomic E-state index is 0.149.